The van der Waals surface area contributed by atoms with Crippen LogP contribution in [0.5, 0.6) is 0 Å². The molecule has 0 amide bonds. The summed E-state index contributed by atoms with van der Waals surface area (Å²) < 4.78 is 40.0. The molecule has 1 heterocycles. The number of aromatic nitrogens is 3. The lowest BCUT2D eigenvalue weighted by atomic mass is 10.0. The van der Waals surface area contributed by atoms with Crippen molar-refractivity contribution in [1.29, 1.82) is 0 Å². The molecule has 0 aliphatic carbocycles. The highest BCUT2D eigenvalue weighted by atomic mass is 19.4. The number of alkyl halides is 3. The molecule has 0 aliphatic heterocycles. The summed E-state index contributed by atoms with van der Waals surface area (Å²) in [6, 6.07) is 4.04. The molecule has 0 aliphatic rings. The van der Waals surface area contributed by atoms with Crippen molar-refractivity contribution in [2.24, 2.45) is 5.73 Å². The molecule has 18 heavy (non-hydrogen) atoms. The first-order valence-electron chi connectivity index (χ1n) is 5.27. The average molecular weight is 256 g/mol. The number of halogens is 3. The Morgan fingerprint density at radius 2 is 2.06 bits per heavy atom. The van der Waals surface area contributed by atoms with E-state index in [0.29, 0.717) is 5.69 Å². The largest absolute Gasteiger partial charge is 0.416 e. The SMILES string of the molecule is NCCc1ccc(-n2cncn2)cc1C(F)(F)F. The maximum atomic E-state index is 12.9. The maximum absolute atomic E-state index is 12.9. The predicted molar refractivity (Wildman–Crippen MR) is 59.1 cm³/mol. The first-order chi connectivity index (χ1) is 8.52. The fraction of sp³-hybridized carbons (Fsp3) is 0.273. The molecule has 0 saturated carbocycles. The van der Waals surface area contributed by atoms with E-state index in [1.165, 1.54) is 23.4 Å². The van der Waals surface area contributed by atoms with Gasteiger partial charge in [-0.15, -0.1) is 0 Å². The molecule has 7 heteroatoms. The lowest BCUT2D eigenvalue weighted by Crippen LogP contribution is -2.13. The van der Waals surface area contributed by atoms with Gasteiger partial charge in [-0.3, -0.25) is 0 Å². The lowest BCUT2D eigenvalue weighted by molar-refractivity contribution is -0.138. The predicted octanol–water partition coefficient (Wildman–Crippen LogP) is 1.79. The number of nitrogens with two attached hydrogens (primary N) is 1. The smallest absolute Gasteiger partial charge is 0.330 e. The molecule has 0 spiro atoms. The van der Waals surface area contributed by atoms with Crippen molar-refractivity contribution in [3.63, 3.8) is 0 Å². The van der Waals surface area contributed by atoms with Crippen LogP contribution in [0, 0.1) is 0 Å². The fourth-order valence-electron chi connectivity index (χ4n) is 1.69. The van der Waals surface area contributed by atoms with Crippen molar-refractivity contribution in [2.45, 2.75) is 12.6 Å². The maximum Gasteiger partial charge on any atom is 0.416 e. The molecular formula is C11H11F3N4. The third-order valence-electron chi connectivity index (χ3n) is 2.50. The summed E-state index contributed by atoms with van der Waals surface area (Å²) in [4.78, 5) is 3.70. The molecule has 0 unspecified atom stereocenters. The summed E-state index contributed by atoms with van der Waals surface area (Å²) in [5, 5.41) is 3.80. The molecule has 0 bridgehead atoms. The monoisotopic (exact) mass is 256 g/mol. The van der Waals surface area contributed by atoms with Gasteiger partial charge in [0.05, 0.1) is 11.3 Å². The quantitative estimate of drug-likeness (QED) is 0.910. The third-order valence-corrected chi connectivity index (χ3v) is 2.50. The minimum atomic E-state index is -4.40. The molecule has 2 N–H and O–H groups in total. The van der Waals surface area contributed by atoms with Gasteiger partial charge in [-0.1, -0.05) is 6.07 Å². The van der Waals surface area contributed by atoms with Gasteiger partial charge in [0.25, 0.3) is 0 Å². The van der Waals surface area contributed by atoms with E-state index in [4.69, 9.17) is 5.73 Å². The van der Waals surface area contributed by atoms with Crippen LogP contribution in [0.2, 0.25) is 0 Å². The molecular weight excluding hydrogens is 245 g/mol. The van der Waals surface area contributed by atoms with Crippen molar-refractivity contribution in [3.05, 3.63) is 42.0 Å². The molecule has 2 rings (SSSR count). The van der Waals surface area contributed by atoms with E-state index in [1.54, 1.807) is 6.07 Å². The van der Waals surface area contributed by atoms with Gasteiger partial charge in [-0.2, -0.15) is 18.3 Å². The summed E-state index contributed by atoms with van der Waals surface area (Å²) in [6.07, 6.45) is -1.60. The first kappa shape index (κ1) is 12.6. The molecule has 1 aromatic heterocycles. The number of nitrogens with zero attached hydrogens (tertiary/aromatic N) is 3. The number of rotatable bonds is 3. The van der Waals surface area contributed by atoms with E-state index in [2.05, 4.69) is 10.1 Å². The van der Waals surface area contributed by atoms with Crippen LogP contribution in [0.4, 0.5) is 13.2 Å². The second-order valence-electron chi connectivity index (χ2n) is 3.72. The zero-order valence-electron chi connectivity index (χ0n) is 9.35. The van der Waals surface area contributed by atoms with Crippen LogP contribution in [-0.4, -0.2) is 21.3 Å². The Balaban J connectivity index is 2.49. The molecule has 0 radical (unpaired) electrons. The van der Waals surface area contributed by atoms with Crippen LogP contribution < -0.4 is 5.73 Å². The zero-order valence-corrected chi connectivity index (χ0v) is 9.35. The van der Waals surface area contributed by atoms with Gasteiger partial charge in [0.1, 0.15) is 12.7 Å². The summed E-state index contributed by atoms with van der Waals surface area (Å²) >= 11 is 0. The fourth-order valence-corrected chi connectivity index (χ4v) is 1.69. The number of hydrogen-bond donors (Lipinski definition) is 1. The van der Waals surface area contributed by atoms with Gasteiger partial charge in [0.2, 0.25) is 0 Å². The van der Waals surface area contributed by atoms with Gasteiger partial charge < -0.3 is 5.73 Å². The van der Waals surface area contributed by atoms with Crippen LogP contribution in [0.15, 0.2) is 30.9 Å². The van der Waals surface area contributed by atoms with E-state index in [-0.39, 0.29) is 18.5 Å². The lowest BCUT2D eigenvalue weighted by Gasteiger charge is -2.14. The molecule has 2 aromatic rings. The van der Waals surface area contributed by atoms with Gasteiger partial charge >= 0.3 is 6.18 Å². The Labute approximate surface area is 101 Å². The van der Waals surface area contributed by atoms with E-state index in [0.717, 1.165) is 6.07 Å². The zero-order chi connectivity index (χ0) is 13.2. The van der Waals surface area contributed by atoms with Crippen LogP contribution in [0.3, 0.4) is 0 Å². The Hall–Kier alpha value is -1.89. The van der Waals surface area contributed by atoms with Gasteiger partial charge in [-0.05, 0) is 30.7 Å². The van der Waals surface area contributed by atoms with Gasteiger partial charge in [0.15, 0.2) is 0 Å². The Bertz CT molecular complexity index is 520. The van der Waals surface area contributed by atoms with Gasteiger partial charge in [0, 0.05) is 0 Å². The molecule has 0 saturated heterocycles. The second kappa shape index (κ2) is 4.77. The summed E-state index contributed by atoms with van der Waals surface area (Å²) in [5.41, 5.74) is 5.14. The van der Waals surface area contributed by atoms with E-state index in [9.17, 15) is 13.2 Å². The Morgan fingerprint density at radius 3 is 2.61 bits per heavy atom. The van der Waals surface area contributed by atoms with Crippen LogP contribution in [0.1, 0.15) is 11.1 Å². The first-order valence-corrected chi connectivity index (χ1v) is 5.27. The van der Waals surface area contributed by atoms with Crippen molar-refractivity contribution < 1.29 is 13.2 Å². The molecule has 96 valence electrons. The van der Waals surface area contributed by atoms with E-state index < -0.39 is 11.7 Å². The van der Waals surface area contributed by atoms with Crippen LogP contribution >= 0.6 is 0 Å². The highest BCUT2D eigenvalue weighted by Crippen LogP contribution is 2.33. The van der Waals surface area contributed by atoms with E-state index >= 15 is 0 Å². The van der Waals surface area contributed by atoms with Crippen LogP contribution in [0.25, 0.3) is 5.69 Å². The standard InChI is InChI=1S/C11H11F3N4/c12-11(13,14)10-5-9(18-7-16-6-17-18)2-1-8(10)3-4-15/h1-2,5-7H,3-4,15H2. The Kier molecular flexibility index (Phi) is 3.33. The van der Waals surface area contributed by atoms with E-state index in [1.807, 2.05) is 0 Å². The van der Waals surface area contributed by atoms with Crippen molar-refractivity contribution in [2.75, 3.05) is 6.54 Å². The summed E-state index contributed by atoms with van der Waals surface area (Å²) in [5.74, 6) is 0. The normalized spacial score (nSPS) is 11.8. The minimum Gasteiger partial charge on any atom is -0.330 e. The Morgan fingerprint density at radius 1 is 1.28 bits per heavy atom. The second-order valence-corrected chi connectivity index (χ2v) is 3.72. The molecule has 4 nitrogen and oxygen atoms in total. The number of benzene rings is 1. The van der Waals surface area contributed by atoms with Gasteiger partial charge in [-0.25, -0.2) is 9.67 Å². The summed E-state index contributed by atoms with van der Waals surface area (Å²) in [6.45, 7) is 0.172. The van der Waals surface area contributed by atoms with Crippen molar-refractivity contribution in [1.82, 2.24) is 14.8 Å². The molecule has 1 aromatic carbocycles. The highest BCUT2D eigenvalue weighted by Gasteiger charge is 2.33. The molecule has 0 atom stereocenters. The topological polar surface area (TPSA) is 56.7 Å². The highest BCUT2D eigenvalue weighted by molar-refractivity contribution is 5.41. The van der Waals surface area contributed by atoms with Crippen molar-refractivity contribution >= 4 is 0 Å². The minimum absolute atomic E-state index is 0.172. The third kappa shape index (κ3) is 2.51. The molecule has 0 fully saturated rings. The number of hydrogen-bond acceptors (Lipinski definition) is 3. The summed E-state index contributed by atoms with van der Waals surface area (Å²) in [7, 11) is 0. The van der Waals surface area contributed by atoms with Crippen molar-refractivity contribution in [3.8, 4) is 5.69 Å². The van der Waals surface area contributed by atoms with Crippen LogP contribution in [-0.2, 0) is 12.6 Å². The average Bonchev–Trinajstić information content (AvgIpc) is 2.82.